The van der Waals surface area contributed by atoms with E-state index < -0.39 is 0 Å². The van der Waals surface area contributed by atoms with Gasteiger partial charge in [0.2, 0.25) is 0 Å². The molecule has 18 heteroatoms. The van der Waals surface area contributed by atoms with E-state index in [0.717, 1.165) is 0 Å². The van der Waals surface area contributed by atoms with Crippen molar-refractivity contribution in [2.75, 3.05) is 0 Å². The number of nitrogens with zero attached hydrogens (tertiary/aromatic N) is 1. The van der Waals surface area contributed by atoms with E-state index >= 15 is 0 Å². The molecule has 0 rings (SSSR count). The number of hydrogen-bond acceptors (Lipinski definition) is 18. The molecule has 0 aromatic heterocycles. The van der Waals surface area contributed by atoms with Crippen LogP contribution in [0.15, 0.2) is 5.34 Å². The standard InChI is InChI=1S/HNO17/c2-1-4-6-8-10-12-14-16-18-17-15-13-11-9-7-5-3/h3H. The van der Waals surface area contributed by atoms with Gasteiger partial charge in [-0.05, 0) is 35.3 Å². The molecule has 1 N–H and O–H groups in total. The Kier molecular flexibility index (Phi) is 14.7. The number of rotatable bonds is 15. The second kappa shape index (κ2) is 15.8. The zero-order valence-corrected chi connectivity index (χ0v) is 7.43. The molecule has 0 aliphatic heterocycles. The Bertz CT molecular complexity index is 154. The van der Waals surface area contributed by atoms with E-state index in [1.165, 1.54) is 0 Å². The zero-order chi connectivity index (χ0) is 13.3. The summed E-state index contributed by atoms with van der Waals surface area (Å²) >= 11 is 0. The molecule has 0 aliphatic carbocycles. The van der Waals surface area contributed by atoms with Crippen molar-refractivity contribution in [2.24, 2.45) is 5.34 Å². The molecule has 0 amide bonds. The molecule has 0 radical (unpaired) electrons. The molecule has 0 atom stereocenters. The summed E-state index contributed by atoms with van der Waals surface area (Å²) in [5, 5.41) is 56.1. The Morgan fingerprint density at radius 1 is 0.556 bits per heavy atom. The van der Waals surface area contributed by atoms with Crippen molar-refractivity contribution >= 4 is 0 Å². The molecular formula is HNO17. The summed E-state index contributed by atoms with van der Waals surface area (Å²) in [6.45, 7) is 0. The second-order valence-corrected chi connectivity index (χ2v) is 1.11. The first-order valence-electron chi connectivity index (χ1n) is 2.88. The Balaban J connectivity index is 2.88. The van der Waals surface area contributed by atoms with E-state index in [1.54, 1.807) is 5.34 Å². The molecule has 0 bridgehead atoms. The fraction of sp³-hybridized carbons (Fsp3) is 0. The summed E-state index contributed by atoms with van der Waals surface area (Å²) in [4.78, 5) is 12.4. The average Bonchev–Trinajstić information content (AvgIpc) is 2.39. The summed E-state index contributed by atoms with van der Waals surface area (Å²) in [6.07, 6.45) is 0. The van der Waals surface area contributed by atoms with Crippen molar-refractivity contribution in [3.8, 4) is 0 Å². The molecule has 0 aliphatic rings. The Labute approximate surface area is 92.5 Å². The van der Waals surface area contributed by atoms with Crippen LogP contribution in [-0.4, -0.2) is 5.26 Å². The lowest BCUT2D eigenvalue weighted by Gasteiger charge is -1.97. The highest BCUT2D eigenvalue weighted by atomic mass is 18.0. The minimum atomic E-state index is 1.70. The first-order valence-corrected chi connectivity index (χ1v) is 2.88. The minimum absolute atomic E-state index is 1.70. The quantitative estimate of drug-likeness (QED) is 0.170. The molecule has 18 nitrogen and oxygen atoms in total. The molecule has 0 spiro atoms. The highest BCUT2D eigenvalue weighted by Gasteiger charge is 1.98. The molecule has 0 saturated carbocycles. The van der Waals surface area contributed by atoms with E-state index in [1.807, 2.05) is 0 Å². The van der Waals surface area contributed by atoms with Crippen LogP contribution in [0.3, 0.4) is 0 Å². The minimum Gasteiger partial charge on any atom is -0.219 e. The largest absolute Gasteiger partial charge is 0.219 e. The van der Waals surface area contributed by atoms with Crippen LogP contribution >= 0.6 is 0 Å². The van der Waals surface area contributed by atoms with Gasteiger partial charge in [-0.3, -0.25) is 0 Å². The zero-order valence-electron chi connectivity index (χ0n) is 7.43. The highest BCUT2D eigenvalue weighted by molar-refractivity contribution is 3.86. The van der Waals surface area contributed by atoms with Gasteiger partial charge in [-0.1, -0.05) is 0 Å². The van der Waals surface area contributed by atoms with Crippen LogP contribution in [0.1, 0.15) is 0 Å². The molecule has 0 unspecified atom stereocenters. The average molecular weight is 287 g/mol. The van der Waals surface area contributed by atoms with Gasteiger partial charge in [-0.25, -0.2) is 5.26 Å². The first-order chi connectivity index (χ1) is 8.91. The number of hydrogen-bond donors (Lipinski definition) is 1. The van der Waals surface area contributed by atoms with E-state index in [2.05, 4.69) is 75.5 Å². The maximum atomic E-state index is 9.19. The smallest absolute Gasteiger partial charge is 0.193 e. The summed E-state index contributed by atoms with van der Waals surface area (Å²) in [6, 6.07) is 0. The molecule has 18 heavy (non-hydrogen) atoms. The van der Waals surface area contributed by atoms with Crippen molar-refractivity contribution in [1.29, 1.82) is 0 Å². The van der Waals surface area contributed by atoms with Crippen molar-refractivity contribution < 1.29 is 80.8 Å². The molecule has 0 aromatic carbocycles. The van der Waals surface area contributed by atoms with Crippen LogP contribution in [0.5, 0.6) is 0 Å². The van der Waals surface area contributed by atoms with Crippen molar-refractivity contribution in [3.63, 3.8) is 0 Å². The fourth-order valence-corrected chi connectivity index (χ4v) is 0.162. The van der Waals surface area contributed by atoms with Crippen LogP contribution in [0, 0.1) is 4.91 Å². The maximum absolute atomic E-state index is 9.19. The van der Waals surface area contributed by atoms with Crippen LogP contribution in [-0.2, 0) is 75.5 Å². The lowest BCUT2D eigenvalue weighted by Crippen LogP contribution is -2.04. The van der Waals surface area contributed by atoms with Gasteiger partial charge >= 0.3 is 0 Å². The Hall–Kier alpha value is -1.20. The maximum Gasteiger partial charge on any atom is 0.193 e. The van der Waals surface area contributed by atoms with Crippen LogP contribution in [0.2, 0.25) is 0 Å². The summed E-state index contributed by atoms with van der Waals surface area (Å²) in [5.74, 6) is 0. The van der Waals surface area contributed by atoms with Gasteiger partial charge in [0.25, 0.3) is 0 Å². The summed E-state index contributed by atoms with van der Waals surface area (Å²) < 4.78 is 0. The van der Waals surface area contributed by atoms with Crippen molar-refractivity contribution in [1.82, 2.24) is 0 Å². The van der Waals surface area contributed by atoms with E-state index in [-0.39, 0.29) is 0 Å². The molecule has 0 saturated heterocycles. The predicted octanol–water partition coefficient (Wildman–Crippen LogP) is -0.800. The van der Waals surface area contributed by atoms with E-state index in [0.29, 0.717) is 0 Å². The van der Waals surface area contributed by atoms with Crippen molar-refractivity contribution in [3.05, 3.63) is 4.91 Å². The monoisotopic (exact) mass is 287 g/mol. The van der Waals surface area contributed by atoms with Crippen molar-refractivity contribution in [2.45, 2.75) is 0 Å². The fourth-order valence-electron chi connectivity index (χ4n) is 0.162. The molecule has 108 valence electrons. The predicted molar refractivity (Wildman–Crippen MR) is 24.7 cm³/mol. The van der Waals surface area contributed by atoms with E-state index in [4.69, 9.17) is 5.26 Å². The van der Waals surface area contributed by atoms with Crippen LogP contribution in [0.25, 0.3) is 0 Å². The summed E-state index contributed by atoms with van der Waals surface area (Å²) in [7, 11) is 0. The summed E-state index contributed by atoms with van der Waals surface area (Å²) in [5.41, 5.74) is 0. The van der Waals surface area contributed by atoms with Gasteiger partial charge in [0.1, 0.15) is 0 Å². The molecule has 0 aromatic rings. The lowest BCUT2D eigenvalue weighted by molar-refractivity contribution is -0.883. The SMILES string of the molecule is O=NOOOOOOOOOOOOOOOO. The Morgan fingerprint density at radius 3 is 1.22 bits per heavy atom. The second-order valence-electron chi connectivity index (χ2n) is 1.11. The third-order valence-corrected chi connectivity index (χ3v) is 0.425. The third-order valence-electron chi connectivity index (χ3n) is 0.425. The normalized spacial score (nSPS) is 10.5. The van der Waals surface area contributed by atoms with E-state index in [9.17, 15) is 4.91 Å². The molecular weight excluding hydrogens is 286 g/mol. The van der Waals surface area contributed by atoms with Crippen LogP contribution < -0.4 is 0 Å². The van der Waals surface area contributed by atoms with Gasteiger partial charge < -0.3 is 0 Å². The van der Waals surface area contributed by atoms with Crippen LogP contribution in [0.4, 0.5) is 0 Å². The van der Waals surface area contributed by atoms with Gasteiger partial charge in [-0.2, -0.15) is 0 Å². The lowest BCUT2D eigenvalue weighted by atomic mass is 13.4. The van der Waals surface area contributed by atoms with Gasteiger partial charge in [0, 0.05) is 35.3 Å². The first kappa shape index (κ1) is 16.8. The third kappa shape index (κ3) is 14.8. The highest BCUT2D eigenvalue weighted by Crippen LogP contribution is 1.92. The van der Waals surface area contributed by atoms with Gasteiger partial charge in [0.05, 0.1) is 0 Å². The molecule has 0 heterocycles. The molecule has 0 fully saturated rings. The Morgan fingerprint density at radius 2 is 0.889 bits per heavy atom. The van der Waals surface area contributed by atoms with Gasteiger partial charge in [-0.15, -0.1) is 9.90 Å². The van der Waals surface area contributed by atoms with Gasteiger partial charge in [0.15, 0.2) is 5.34 Å². The topological polar surface area (TPSA) is 188 Å².